The molecule has 7 atom stereocenters. The van der Waals surface area contributed by atoms with E-state index in [0.29, 0.717) is 60.8 Å². The molecule has 10 nitrogen and oxygen atoms in total. The van der Waals surface area contributed by atoms with Crippen molar-refractivity contribution in [2.45, 2.75) is 139 Å². The Hall–Kier alpha value is -6.77. The van der Waals surface area contributed by atoms with Crippen molar-refractivity contribution >= 4 is 22.9 Å². The number of aliphatic hydroxyl groups excluding tert-OH is 2. The van der Waals surface area contributed by atoms with E-state index < -0.39 is 47.9 Å². The van der Waals surface area contributed by atoms with Crippen LogP contribution in [0.25, 0.3) is 11.0 Å². The normalized spacial score (nSPS) is 22.8. The first-order valence-corrected chi connectivity index (χ1v) is 26.9. The predicted octanol–water partition coefficient (Wildman–Crippen LogP) is 11.6. The zero-order valence-electron chi connectivity index (χ0n) is 43.4. The van der Waals surface area contributed by atoms with Crippen molar-refractivity contribution in [1.29, 1.82) is 0 Å². The number of hydrogen-bond donors (Lipinski definition) is 2. The van der Waals surface area contributed by atoms with Gasteiger partial charge in [-0.15, -0.1) is 0 Å². The van der Waals surface area contributed by atoms with Gasteiger partial charge in [0.1, 0.15) is 11.3 Å². The van der Waals surface area contributed by atoms with E-state index >= 15 is 9.59 Å². The molecule has 2 N–H and O–H groups in total. The minimum Gasteiger partial charge on any atom is -0.482 e. The van der Waals surface area contributed by atoms with E-state index in [9.17, 15) is 15.0 Å². The average Bonchev–Trinajstić information content (AvgIpc) is 3.43. The van der Waals surface area contributed by atoms with Gasteiger partial charge in [0.15, 0.2) is 17.8 Å². The summed E-state index contributed by atoms with van der Waals surface area (Å²) in [4.78, 5) is 45.1. The van der Waals surface area contributed by atoms with E-state index in [0.717, 1.165) is 47.9 Å². The molecule has 388 valence electrons. The molecule has 3 aliphatic heterocycles. The molecule has 1 aliphatic carbocycles. The Balaban J connectivity index is 1.15. The highest BCUT2D eigenvalue weighted by Gasteiger charge is 2.55. The van der Waals surface area contributed by atoms with E-state index in [-0.39, 0.29) is 66.9 Å². The molecule has 6 aromatic rings. The summed E-state index contributed by atoms with van der Waals surface area (Å²) in [6, 6.07) is 39.7. The molecule has 4 heterocycles. The number of rotatable bonds is 13. The standard InChI is InChI=1S/C65H68O10/c1-41(2)51-25-22-44-23-26-52-48(35-44)20-10-11-31-65(32-13-19-42-14-6-4-7-15-42)62(74-63(51)69)61(59-56(75-65)29-28-54-55(39-67)58(64(70)73-60(54)59)49(30-33-66)40-71-3)72-57(68)38-50-37-47(24-27-53(50)52)46-21-12-18-45(36-46)34-43-16-8-5-9-17-43/h4-9,12,14-18,21,23,26,28-29,35-36,47,49-50,53,61-62,66-67H,13,19-20,22,24-25,27,30-34,37-40H2,1-3H3/t47-,49+,50-,53+,61+,62-,65-/m0/s1. The molecule has 0 spiro atoms. The molecule has 1 aromatic heterocycles. The quantitative estimate of drug-likeness (QED) is 0.0497. The summed E-state index contributed by atoms with van der Waals surface area (Å²) in [6.07, 6.45) is 4.36. The molecule has 75 heavy (non-hydrogen) atoms. The van der Waals surface area contributed by atoms with Crippen LogP contribution in [0.2, 0.25) is 0 Å². The van der Waals surface area contributed by atoms with Crippen LogP contribution in [0.3, 0.4) is 0 Å². The van der Waals surface area contributed by atoms with Crippen LogP contribution in [0.5, 0.6) is 5.75 Å². The monoisotopic (exact) mass is 1010 g/mol. The first kappa shape index (κ1) is 51.7. The number of carbonyl (C=O) groups excluding carboxylic acids is 2. The van der Waals surface area contributed by atoms with Crippen LogP contribution in [0.15, 0.2) is 136 Å². The lowest BCUT2D eigenvalue weighted by atomic mass is 9.67. The highest BCUT2D eigenvalue weighted by molar-refractivity contribution is 5.90. The van der Waals surface area contributed by atoms with Gasteiger partial charge in [0.2, 0.25) is 0 Å². The maximum atomic E-state index is 15.5. The van der Waals surface area contributed by atoms with Crippen LogP contribution in [-0.4, -0.2) is 54.2 Å². The highest BCUT2D eigenvalue weighted by Crippen LogP contribution is 2.52. The van der Waals surface area contributed by atoms with Gasteiger partial charge in [-0.05, 0) is 152 Å². The van der Waals surface area contributed by atoms with Gasteiger partial charge in [0.05, 0.1) is 25.2 Å². The number of carbonyl (C=O) groups is 2. The summed E-state index contributed by atoms with van der Waals surface area (Å²) in [6.45, 7) is 3.17. The van der Waals surface area contributed by atoms with Gasteiger partial charge < -0.3 is 33.6 Å². The fraction of sp³-hybridized carbons (Fsp3) is 0.400. The van der Waals surface area contributed by atoms with Crippen molar-refractivity contribution in [3.63, 3.8) is 0 Å². The summed E-state index contributed by atoms with van der Waals surface area (Å²) >= 11 is 0. The molecule has 1 fully saturated rings. The Morgan fingerprint density at radius 3 is 2.39 bits per heavy atom. The average molecular weight is 1010 g/mol. The van der Waals surface area contributed by atoms with E-state index in [1.165, 1.54) is 29.4 Å². The van der Waals surface area contributed by atoms with Crippen molar-refractivity contribution in [1.82, 2.24) is 0 Å². The smallest absolute Gasteiger partial charge is 0.340 e. The van der Waals surface area contributed by atoms with E-state index in [1.807, 2.05) is 38.1 Å². The molecular formula is C65H68O10. The number of aliphatic hydroxyl groups is 2. The Morgan fingerprint density at radius 1 is 0.840 bits per heavy atom. The molecule has 0 saturated heterocycles. The molecule has 4 aliphatic rings. The number of fused-ring (bicyclic) bond motifs is 9. The Bertz CT molecular complexity index is 3190. The molecular weight excluding hydrogens is 941 g/mol. The predicted molar refractivity (Wildman–Crippen MR) is 289 cm³/mol. The van der Waals surface area contributed by atoms with E-state index in [4.69, 9.17) is 23.4 Å². The number of ether oxygens (including phenoxy) is 4. The van der Waals surface area contributed by atoms with Gasteiger partial charge in [-0.2, -0.15) is 0 Å². The van der Waals surface area contributed by atoms with E-state index in [1.54, 1.807) is 12.1 Å². The largest absolute Gasteiger partial charge is 0.482 e. The van der Waals surface area contributed by atoms with Crippen molar-refractivity contribution in [3.05, 3.63) is 192 Å². The Morgan fingerprint density at radius 2 is 1.63 bits per heavy atom. The second kappa shape index (κ2) is 23.0. The van der Waals surface area contributed by atoms with Crippen LogP contribution >= 0.6 is 0 Å². The Labute approximate surface area is 440 Å². The number of hydrogen-bond acceptors (Lipinski definition) is 10. The van der Waals surface area contributed by atoms with Gasteiger partial charge >= 0.3 is 17.6 Å². The van der Waals surface area contributed by atoms with Gasteiger partial charge in [-0.1, -0.05) is 121 Å². The summed E-state index contributed by atoms with van der Waals surface area (Å²) in [5.74, 6) is 5.89. The third-order valence-corrected chi connectivity index (χ3v) is 16.4. The van der Waals surface area contributed by atoms with Gasteiger partial charge in [0.25, 0.3) is 0 Å². The van der Waals surface area contributed by atoms with E-state index in [2.05, 4.69) is 90.7 Å². The number of methoxy groups -OCH3 is 1. The van der Waals surface area contributed by atoms with Gasteiger partial charge in [0, 0.05) is 49.0 Å². The van der Waals surface area contributed by atoms with Crippen LogP contribution in [0.4, 0.5) is 0 Å². The zero-order chi connectivity index (χ0) is 52.1. The number of aryl methyl sites for hydroxylation is 2. The van der Waals surface area contributed by atoms with Crippen molar-refractivity contribution in [2.75, 3.05) is 20.3 Å². The molecule has 0 radical (unpaired) electrons. The third kappa shape index (κ3) is 11.0. The maximum absolute atomic E-state index is 15.5. The molecule has 0 amide bonds. The first-order chi connectivity index (χ1) is 36.6. The zero-order valence-corrected chi connectivity index (χ0v) is 43.4. The fourth-order valence-corrected chi connectivity index (χ4v) is 12.7. The lowest BCUT2D eigenvalue weighted by Gasteiger charge is -2.47. The third-order valence-electron chi connectivity index (χ3n) is 16.4. The minimum atomic E-state index is -1.34. The van der Waals surface area contributed by atoms with Crippen molar-refractivity contribution in [2.24, 2.45) is 5.92 Å². The second-order valence-electron chi connectivity index (χ2n) is 21.4. The summed E-state index contributed by atoms with van der Waals surface area (Å²) in [5, 5.41) is 21.6. The van der Waals surface area contributed by atoms with Crippen LogP contribution in [-0.2, 0) is 56.1 Å². The van der Waals surface area contributed by atoms with Gasteiger partial charge in [-0.3, -0.25) is 4.79 Å². The second-order valence-corrected chi connectivity index (χ2v) is 21.4. The topological polar surface area (TPSA) is 142 Å². The minimum absolute atomic E-state index is 0.0346. The maximum Gasteiger partial charge on any atom is 0.340 e. The fourth-order valence-electron chi connectivity index (χ4n) is 12.7. The number of benzene rings is 5. The highest BCUT2D eigenvalue weighted by atomic mass is 16.6. The molecule has 5 bridgehead atoms. The summed E-state index contributed by atoms with van der Waals surface area (Å²) in [7, 11) is 1.51. The molecule has 10 heteroatoms. The molecule has 5 aromatic carbocycles. The lowest BCUT2D eigenvalue weighted by Crippen LogP contribution is -2.56. The lowest BCUT2D eigenvalue weighted by molar-refractivity contribution is -0.194. The molecule has 10 rings (SSSR count). The molecule has 1 saturated carbocycles. The SMILES string of the molecule is COC[C@@H](CCO)c1c(CO)c2ccc3c(c2oc1=O)[C@H]1OC(=O)C[C@@H]2C[C@@H](c4cccc(Cc5ccccc5)c4)CC[C@H]2c2ccc4cc2CC#CC[C@@](CCCc2ccccc2)(O3)[C@H]1OC(=O)C(=C(C)C)CC4. The van der Waals surface area contributed by atoms with Crippen LogP contribution < -0.4 is 10.4 Å². The van der Waals surface area contributed by atoms with Gasteiger partial charge in [-0.25, -0.2) is 9.59 Å². The van der Waals surface area contributed by atoms with Crippen LogP contribution in [0, 0.1) is 17.8 Å². The number of esters is 2. The Kier molecular flexibility index (Phi) is 15.9. The van der Waals surface area contributed by atoms with Crippen molar-refractivity contribution < 1.29 is 43.2 Å². The number of allylic oxidation sites excluding steroid dienone is 1. The summed E-state index contributed by atoms with van der Waals surface area (Å²) < 4.78 is 33.1. The van der Waals surface area contributed by atoms with Crippen LogP contribution in [0.1, 0.15) is 151 Å². The van der Waals surface area contributed by atoms with Crippen molar-refractivity contribution in [3.8, 4) is 17.6 Å². The molecule has 0 unspecified atom stereocenters. The summed E-state index contributed by atoms with van der Waals surface area (Å²) in [5.41, 5.74) is 8.35. The first-order valence-electron chi connectivity index (χ1n) is 26.9.